The highest BCUT2D eigenvalue weighted by Crippen LogP contribution is 2.14. The molecule has 0 heterocycles. The van der Waals surface area contributed by atoms with Crippen LogP contribution in [0.3, 0.4) is 0 Å². The highest BCUT2D eigenvalue weighted by molar-refractivity contribution is 5.88. The number of hydrogen-bond acceptors (Lipinski definition) is 2. The van der Waals surface area contributed by atoms with E-state index < -0.39 is 6.23 Å². The predicted octanol–water partition coefficient (Wildman–Crippen LogP) is 6.71. The van der Waals surface area contributed by atoms with Gasteiger partial charge >= 0.3 is 0 Å². The molecule has 0 spiro atoms. The third-order valence-corrected chi connectivity index (χ3v) is 4.87. The van der Waals surface area contributed by atoms with Crippen molar-refractivity contribution in [2.45, 2.75) is 99.6 Å². The van der Waals surface area contributed by atoms with E-state index in [1.54, 1.807) is 6.08 Å². The standard InChI is InChI=1S/C25H43NO2/c1-8-24(27)26(9-2)25(28)19-23(7)18-12-17-22(6)16-11-15-21(5)14-10-13-20(3)4/h13,15,17,19,24,27H,8-12,14,16,18H2,1-7H3/b21-15+,22-17+,23-19+. The molecule has 3 heteroatoms. The van der Waals surface area contributed by atoms with Crippen molar-refractivity contribution in [3.63, 3.8) is 0 Å². The molecule has 1 amide bonds. The third kappa shape index (κ3) is 12.7. The summed E-state index contributed by atoms with van der Waals surface area (Å²) in [6.45, 7) is 15.0. The van der Waals surface area contributed by atoms with Crippen LogP contribution < -0.4 is 0 Å². The summed E-state index contributed by atoms with van der Waals surface area (Å²) in [4.78, 5) is 13.8. The SMILES string of the molecule is CCC(O)N(CC)C(=O)/C=C(\C)CC/C=C(\C)CC/C=C(\C)CCC=C(C)C. The first-order chi connectivity index (χ1) is 13.2. The summed E-state index contributed by atoms with van der Waals surface area (Å²) in [5.41, 5.74) is 5.33. The van der Waals surface area contributed by atoms with E-state index in [2.05, 4.69) is 45.9 Å². The molecular formula is C25H43NO2. The molecule has 1 N–H and O–H groups in total. The number of allylic oxidation sites excluding steroid dienone is 7. The fourth-order valence-electron chi connectivity index (χ4n) is 2.98. The first kappa shape index (κ1) is 26.4. The molecule has 0 aromatic heterocycles. The Morgan fingerprint density at radius 1 is 0.821 bits per heavy atom. The van der Waals surface area contributed by atoms with Crippen molar-refractivity contribution in [2.75, 3.05) is 6.54 Å². The number of carbonyl (C=O) groups is 1. The van der Waals surface area contributed by atoms with Crippen molar-refractivity contribution in [3.8, 4) is 0 Å². The molecule has 0 radical (unpaired) electrons. The molecule has 0 aliphatic heterocycles. The Balaban J connectivity index is 4.35. The number of likely N-dealkylation sites (N-methyl/N-ethyl adjacent to an activating group) is 1. The molecule has 0 saturated heterocycles. The van der Waals surface area contributed by atoms with Crippen LogP contribution in [-0.4, -0.2) is 28.7 Å². The Morgan fingerprint density at radius 2 is 1.29 bits per heavy atom. The van der Waals surface area contributed by atoms with Gasteiger partial charge in [0.05, 0.1) is 0 Å². The van der Waals surface area contributed by atoms with Crippen LogP contribution in [-0.2, 0) is 4.79 Å². The van der Waals surface area contributed by atoms with Crippen LogP contribution in [0.2, 0.25) is 0 Å². The van der Waals surface area contributed by atoms with Crippen molar-refractivity contribution in [1.29, 1.82) is 0 Å². The minimum Gasteiger partial charge on any atom is -0.374 e. The van der Waals surface area contributed by atoms with Gasteiger partial charge in [-0.3, -0.25) is 4.79 Å². The van der Waals surface area contributed by atoms with Crippen LogP contribution >= 0.6 is 0 Å². The Hall–Kier alpha value is -1.61. The number of carbonyl (C=O) groups excluding carboxylic acids is 1. The maximum Gasteiger partial charge on any atom is 0.248 e. The van der Waals surface area contributed by atoms with Gasteiger partial charge in [0.15, 0.2) is 0 Å². The highest BCUT2D eigenvalue weighted by Gasteiger charge is 2.16. The molecule has 0 aromatic rings. The lowest BCUT2D eigenvalue weighted by atomic mass is 10.0. The van der Waals surface area contributed by atoms with Crippen molar-refractivity contribution in [1.82, 2.24) is 4.90 Å². The molecule has 0 fully saturated rings. The Kier molecular flexibility index (Phi) is 14.4. The first-order valence-electron chi connectivity index (χ1n) is 10.8. The van der Waals surface area contributed by atoms with E-state index in [4.69, 9.17) is 0 Å². The second-order valence-electron chi connectivity index (χ2n) is 8.00. The average Bonchev–Trinajstić information content (AvgIpc) is 2.61. The largest absolute Gasteiger partial charge is 0.374 e. The molecule has 0 rings (SSSR count). The van der Waals surface area contributed by atoms with Crippen molar-refractivity contribution in [3.05, 3.63) is 46.6 Å². The van der Waals surface area contributed by atoms with E-state index in [-0.39, 0.29) is 5.91 Å². The van der Waals surface area contributed by atoms with Gasteiger partial charge in [0.1, 0.15) is 6.23 Å². The van der Waals surface area contributed by atoms with Gasteiger partial charge in [-0.15, -0.1) is 0 Å². The molecule has 1 unspecified atom stereocenters. The summed E-state index contributed by atoms with van der Waals surface area (Å²) >= 11 is 0. The van der Waals surface area contributed by atoms with Gasteiger partial charge in [-0.2, -0.15) is 0 Å². The highest BCUT2D eigenvalue weighted by atomic mass is 16.3. The maximum absolute atomic E-state index is 12.3. The summed E-state index contributed by atoms with van der Waals surface area (Å²) in [6, 6.07) is 0. The van der Waals surface area contributed by atoms with Gasteiger partial charge in [0, 0.05) is 12.6 Å². The zero-order chi connectivity index (χ0) is 21.5. The smallest absolute Gasteiger partial charge is 0.248 e. The van der Waals surface area contributed by atoms with Gasteiger partial charge in [-0.25, -0.2) is 0 Å². The van der Waals surface area contributed by atoms with Crippen LogP contribution in [0.1, 0.15) is 93.4 Å². The Labute approximate surface area is 173 Å². The van der Waals surface area contributed by atoms with Gasteiger partial charge in [0.2, 0.25) is 5.91 Å². The minimum atomic E-state index is -0.692. The molecule has 0 aliphatic rings. The molecule has 0 bridgehead atoms. The number of nitrogens with zero attached hydrogens (tertiary/aromatic N) is 1. The van der Waals surface area contributed by atoms with E-state index in [9.17, 15) is 9.90 Å². The van der Waals surface area contributed by atoms with Crippen LogP contribution in [0.5, 0.6) is 0 Å². The maximum atomic E-state index is 12.3. The fraction of sp³-hybridized carbons (Fsp3) is 0.640. The van der Waals surface area contributed by atoms with Gasteiger partial charge in [-0.05, 0) is 86.5 Å². The van der Waals surface area contributed by atoms with Crippen molar-refractivity contribution < 1.29 is 9.90 Å². The molecule has 0 aliphatic carbocycles. The number of aliphatic hydroxyl groups is 1. The van der Waals surface area contributed by atoms with E-state index in [1.807, 2.05) is 20.8 Å². The van der Waals surface area contributed by atoms with Gasteiger partial charge < -0.3 is 10.0 Å². The normalized spacial score (nSPS) is 14.1. The summed E-state index contributed by atoms with van der Waals surface area (Å²) in [5.74, 6) is -0.0937. The summed E-state index contributed by atoms with van der Waals surface area (Å²) in [7, 11) is 0. The predicted molar refractivity (Wildman–Crippen MR) is 122 cm³/mol. The van der Waals surface area contributed by atoms with Crippen LogP contribution in [0, 0.1) is 0 Å². The summed E-state index contributed by atoms with van der Waals surface area (Å²) in [5, 5.41) is 9.90. The quantitative estimate of drug-likeness (QED) is 0.216. The van der Waals surface area contributed by atoms with Crippen molar-refractivity contribution >= 4 is 5.91 Å². The van der Waals surface area contributed by atoms with E-state index in [0.29, 0.717) is 13.0 Å². The van der Waals surface area contributed by atoms with Gasteiger partial charge in [-0.1, -0.05) is 47.4 Å². The number of hydrogen-bond donors (Lipinski definition) is 1. The molecule has 0 aromatic carbocycles. The second kappa shape index (κ2) is 15.3. The topological polar surface area (TPSA) is 40.5 Å². The lowest BCUT2D eigenvalue weighted by molar-refractivity contribution is -0.135. The van der Waals surface area contributed by atoms with E-state index in [0.717, 1.165) is 44.1 Å². The molecule has 3 nitrogen and oxygen atoms in total. The van der Waals surface area contributed by atoms with E-state index in [1.165, 1.54) is 21.6 Å². The lowest BCUT2D eigenvalue weighted by Crippen LogP contribution is -2.38. The number of aliphatic hydroxyl groups excluding tert-OH is 1. The van der Waals surface area contributed by atoms with Crippen molar-refractivity contribution in [2.24, 2.45) is 0 Å². The second-order valence-corrected chi connectivity index (χ2v) is 8.00. The van der Waals surface area contributed by atoms with Gasteiger partial charge in [0.25, 0.3) is 0 Å². The molecule has 1 atom stereocenters. The molecule has 28 heavy (non-hydrogen) atoms. The Bertz CT molecular complexity index is 577. The monoisotopic (exact) mass is 389 g/mol. The zero-order valence-corrected chi connectivity index (χ0v) is 19.3. The third-order valence-electron chi connectivity index (χ3n) is 4.87. The van der Waals surface area contributed by atoms with Crippen LogP contribution in [0.15, 0.2) is 46.6 Å². The molecular weight excluding hydrogens is 346 g/mol. The minimum absolute atomic E-state index is 0.0937. The summed E-state index contributed by atoms with van der Waals surface area (Å²) in [6.07, 6.45) is 14.8. The van der Waals surface area contributed by atoms with Crippen LogP contribution in [0.4, 0.5) is 0 Å². The summed E-state index contributed by atoms with van der Waals surface area (Å²) < 4.78 is 0. The molecule has 0 saturated carbocycles. The fourth-order valence-corrected chi connectivity index (χ4v) is 2.98. The van der Waals surface area contributed by atoms with Crippen LogP contribution in [0.25, 0.3) is 0 Å². The Morgan fingerprint density at radius 3 is 1.71 bits per heavy atom. The lowest BCUT2D eigenvalue weighted by Gasteiger charge is -2.24. The first-order valence-corrected chi connectivity index (χ1v) is 10.8. The van der Waals surface area contributed by atoms with E-state index >= 15 is 0 Å². The molecule has 160 valence electrons. The zero-order valence-electron chi connectivity index (χ0n) is 19.3. The number of amides is 1. The average molecular weight is 390 g/mol. The number of rotatable bonds is 13.